The SMILES string of the molecule is C=Cc1c(C(=O)OC)nc(Cl)c(Cl)c1N. The Morgan fingerprint density at radius 1 is 1.60 bits per heavy atom. The topological polar surface area (TPSA) is 65.2 Å². The lowest BCUT2D eigenvalue weighted by Crippen LogP contribution is -2.09. The molecule has 0 saturated heterocycles. The number of nitrogens with two attached hydrogens (primary N) is 1. The molecule has 0 spiro atoms. The molecule has 6 heteroatoms. The highest BCUT2D eigenvalue weighted by Crippen LogP contribution is 2.31. The standard InChI is InChI=1S/C9H8Cl2N2O2/c1-3-4-6(12)5(10)8(11)13-7(4)9(14)15-2/h3H,1H2,2H3,(H2,12,13). The minimum Gasteiger partial charge on any atom is -0.464 e. The predicted octanol–water partition coefficient (Wildman–Crippen LogP) is 2.40. The Morgan fingerprint density at radius 2 is 2.20 bits per heavy atom. The van der Waals surface area contributed by atoms with E-state index in [1.54, 1.807) is 0 Å². The molecule has 0 amide bonds. The summed E-state index contributed by atoms with van der Waals surface area (Å²) < 4.78 is 4.52. The van der Waals surface area contributed by atoms with Gasteiger partial charge >= 0.3 is 5.97 Å². The Morgan fingerprint density at radius 3 is 2.67 bits per heavy atom. The molecule has 1 rings (SSSR count). The first-order valence-electron chi connectivity index (χ1n) is 3.88. The van der Waals surface area contributed by atoms with Crippen LogP contribution in [0, 0.1) is 0 Å². The number of carbonyl (C=O) groups is 1. The number of anilines is 1. The van der Waals surface area contributed by atoms with Crippen LogP contribution in [0.15, 0.2) is 6.58 Å². The van der Waals surface area contributed by atoms with Crippen LogP contribution in [0.25, 0.3) is 6.08 Å². The van der Waals surface area contributed by atoms with Crippen molar-refractivity contribution < 1.29 is 9.53 Å². The van der Waals surface area contributed by atoms with Crippen molar-refractivity contribution in [2.45, 2.75) is 0 Å². The fourth-order valence-electron chi connectivity index (χ4n) is 1.02. The third-order valence-electron chi connectivity index (χ3n) is 1.76. The fraction of sp³-hybridized carbons (Fsp3) is 0.111. The predicted molar refractivity (Wildman–Crippen MR) is 60.1 cm³/mol. The summed E-state index contributed by atoms with van der Waals surface area (Å²) in [6.07, 6.45) is 1.37. The van der Waals surface area contributed by atoms with Gasteiger partial charge < -0.3 is 10.5 Å². The highest BCUT2D eigenvalue weighted by atomic mass is 35.5. The zero-order valence-corrected chi connectivity index (χ0v) is 9.39. The second-order valence-electron chi connectivity index (χ2n) is 2.59. The van der Waals surface area contributed by atoms with Gasteiger partial charge in [0.15, 0.2) is 10.8 Å². The average Bonchev–Trinajstić information content (AvgIpc) is 2.24. The van der Waals surface area contributed by atoms with Crippen LogP contribution in [-0.2, 0) is 4.74 Å². The van der Waals surface area contributed by atoms with Crippen LogP contribution in [-0.4, -0.2) is 18.1 Å². The van der Waals surface area contributed by atoms with Gasteiger partial charge in [0, 0.05) is 5.56 Å². The largest absolute Gasteiger partial charge is 0.464 e. The van der Waals surface area contributed by atoms with Gasteiger partial charge in [0.2, 0.25) is 0 Å². The van der Waals surface area contributed by atoms with Gasteiger partial charge in [0.05, 0.1) is 12.8 Å². The van der Waals surface area contributed by atoms with Gasteiger partial charge in [0.25, 0.3) is 0 Å². The molecule has 0 saturated carbocycles. The molecular formula is C9H8Cl2N2O2. The molecule has 0 bridgehead atoms. The molecule has 4 nitrogen and oxygen atoms in total. The van der Waals surface area contributed by atoms with Crippen molar-refractivity contribution in [1.29, 1.82) is 0 Å². The molecule has 1 heterocycles. The molecule has 0 atom stereocenters. The number of ether oxygens (including phenoxy) is 1. The van der Waals surface area contributed by atoms with E-state index < -0.39 is 5.97 Å². The summed E-state index contributed by atoms with van der Waals surface area (Å²) >= 11 is 11.4. The van der Waals surface area contributed by atoms with Gasteiger partial charge in [-0.3, -0.25) is 0 Å². The Bertz CT molecular complexity index is 433. The van der Waals surface area contributed by atoms with E-state index in [0.29, 0.717) is 5.56 Å². The molecule has 80 valence electrons. The van der Waals surface area contributed by atoms with Crippen molar-refractivity contribution >= 4 is 40.9 Å². The van der Waals surface area contributed by atoms with Crippen molar-refractivity contribution in [1.82, 2.24) is 4.98 Å². The fourth-order valence-corrected chi connectivity index (χ4v) is 1.35. The molecule has 0 aliphatic carbocycles. The van der Waals surface area contributed by atoms with E-state index in [-0.39, 0.29) is 21.6 Å². The number of nitrogen functional groups attached to an aromatic ring is 1. The summed E-state index contributed by atoms with van der Waals surface area (Å²) in [6, 6.07) is 0. The van der Waals surface area contributed by atoms with E-state index >= 15 is 0 Å². The van der Waals surface area contributed by atoms with Gasteiger partial charge in [-0.05, 0) is 0 Å². The summed E-state index contributed by atoms with van der Waals surface area (Å²) in [5.74, 6) is -0.643. The van der Waals surface area contributed by atoms with E-state index in [1.807, 2.05) is 0 Å². The maximum Gasteiger partial charge on any atom is 0.357 e. The number of esters is 1. The first-order chi connectivity index (χ1) is 7.02. The Kier molecular flexibility index (Phi) is 3.55. The third kappa shape index (κ3) is 2.06. The van der Waals surface area contributed by atoms with Crippen LogP contribution in [0.5, 0.6) is 0 Å². The van der Waals surface area contributed by atoms with Gasteiger partial charge in [-0.15, -0.1) is 0 Å². The normalized spacial score (nSPS) is 9.80. The van der Waals surface area contributed by atoms with Gasteiger partial charge in [0.1, 0.15) is 5.02 Å². The second kappa shape index (κ2) is 4.51. The van der Waals surface area contributed by atoms with Crippen molar-refractivity contribution in [3.8, 4) is 0 Å². The lowest BCUT2D eigenvalue weighted by molar-refractivity contribution is 0.0594. The Hall–Kier alpha value is -1.26. The van der Waals surface area contributed by atoms with Crippen LogP contribution in [0.3, 0.4) is 0 Å². The summed E-state index contributed by atoms with van der Waals surface area (Å²) in [4.78, 5) is 15.1. The number of carbonyl (C=O) groups excluding carboxylic acids is 1. The molecule has 15 heavy (non-hydrogen) atoms. The Labute approximate surface area is 96.6 Å². The highest BCUT2D eigenvalue weighted by molar-refractivity contribution is 6.43. The van der Waals surface area contributed by atoms with Crippen molar-refractivity contribution in [3.05, 3.63) is 28.0 Å². The molecular weight excluding hydrogens is 239 g/mol. The first-order valence-corrected chi connectivity index (χ1v) is 4.63. The van der Waals surface area contributed by atoms with Gasteiger partial charge in [-0.25, -0.2) is 9.78 Å². The van der Waals surface area contributed by atoms with Crippen LogP contribution in [0.1, 0.15) is 16.1 Å². The zero-order valence-electron chi connectivity index (χ0n) is 7.88. The van der Waals surface area contributed by atoms with Crippen molar-refractivity contribution in [3.63, 3.8) is 0 Å². The first kappa shape index (κ1) is 11.8. The maximum atomic E-state index is 11.3. The molecule has 0 aliphatic rings. The number of aromatic nitrogens is 1. The van der Waals surface area contributed by atoms with E-state index in [0.717, 1.165) is 0 Å². The molecule has 0 aliphatic heterocycles. The number of methoxy groups -OCH3 is 1. The summed E-state index contributed by atoms with van der Waals surface area (Å²) in [5, 5.41) is 0.0550. The highest BCUT2D eigenvalue weighted by Gasteiger charge is 2.19. The summed E-state index contributed by atoms with van der Waals surface area (Å²) in [7, 11) is 1.23. The van der Waals surface area contributed by atoms with Crippen LogP contribution in [0.4, 0.5) is 5.69 Å². The minimum absolute atomic E-state index is 0.000556. The monoisotopic (exact) mass is 246 g/mol. The lowest BCUT2D eigenvalue weighted by Gasteiger charge is -2.09. The van der Waals surface area contributed by atoms with E-state index in [1.165, 1.54) is 13.2 Å². The van der Waals surface area contributed by atoms with Crippen molar-refractivity contribution in [2.24, 2.45) is 0 Å². The Balaban J connectivity index is 3.52. The molecule has 0 radical (unpaired) electrons. The molecule has 1 aromatic rings. The maximum absolute atomic E-state index is 11.3. The summed E-state index contributed by atoms with van der Waals surface area (Å²) in [5.41, 5.74) is 6.13. The minimum atomic E-state index is -0.643. The smallest absolute Gasteiger partial charge is 0.357 e. The molecule has 1 aromatic heterocycles. The average molecular weight is 247 g/mol. The van der Waals surface area contributed by atoms with Gasteiger partial charge in [-0.2, -0.15) is 0 Å². The third-order valence-corrected chi connectivity index (χ3v) is 2.51. The van der Waals surface area contributed by atoms with Crippen LogP contribution in [0.2, 0.25) is 10.2 Å². The number of hydrogen-bond donors (Lipinski definition) is 1. The van der Waals surface area contributed by atoms with Crippen LogP contribution < -0.4 is 5.73 Å². The van der Waals surface area contributed by atoms with E-state index in [9.17, 15) is 4.79 Å². The number of halogens is 2. The zero-order chi connectivity index (χ0) is 11.6. The van der Waals surface area contributed by atoms with E-state index in [4.69, 9.17) is 28.9 Å². The summed E-state index contributed by atoms with van der Waals surface area (Å²) in [6.45, 7) is 3.51. The molecule has 2 N–H and O–H groups in total. The second-order valence-corrected chi connectivity index (χ2v) is 3.32. The lowest BCUT2D eigenvalue weighted by atomic mass is 10.1. The number of hydrogen-bond acceptors (Lipinski definition) is 4. The quantitative estimate of drug-likeness (QED) is 0.643. The molecule has 0 fully saturated rings. The number of pyridine rings is 1. The number of rotatable bonds is 2. The van der Waals surface area contributed by atoms with Crippen LogP contribution >= 0.6 is 23.2 Å². The molecule has 0 aromatic carbocycles. The van der Waals surface area contributed by atoms with Gasteiger partial charge in [-0.1, -0.05) is 35.9 Å². The number of nitrogens with zero attached hydrogens (tertiary/aromatic N) is 1. The van der Waals surface area contributed by atoms with E-state index in [2.05, 4.69) is 16.3 Å². The molecule has 0 unspecified atom stereocenters. The van der Waals surface area contributed by atoms with Crippen molar-refractivity contribution in [2.75, 3.05) is 12.8 Å².